The standard InChI is InChI=1S/C4H10OTe/c1-4(2,3)5-6/h6H,1-3H3. The predicted molar refractivity (Wildman–Crippen MR) is 28.0 cm³/mol. The molecule has 0 radical (unpaired) electrons. The van der Waals surface area contributed by atoms with Gasteiger partial charge in [-0.2, -0.15) is 0 Å². The van der Waals surface area contributed by atoms with E-state index in [1.807, 2.05) is 20.8 Å². The average molecular weight is 202 g/mol. The van der Waals surface area contributed by atoms with Crippen molar-refractivity contribution in [3.05, 3.63) is 0 Å². The van der Waals surface area contributed by atoms with Crippen LogP contribution in [0.4, 0.5) is 0 Å². The third-order valence-electron chi connectivity index (χ3n) is 0.274. The molecule has 0 heterocycles. The summed E-state index contributed by atoms with van der Waals surface area (Å²) >= 11 is 1.40. The average Bonchev–Trinajstić information content (AvgIpc) is 1.35. The molecule has 0 aromatic heterocycles. The molecular formula is C4H10OTe. The first-order valence-corrected chi connectivity index (χ1v) is 2.93. The van der Waals surface area contributed by atoms with Crippen molar-refractivity contribution in [2.24, 2.45) is 0 Å². The molecule has 0 amide bonds. The third-order valence-corrected chi connectivity index (χ3v) is 1.84. The van der Waals surface area contributed by atoms with Crippen LogP contribution in [0.1, 0.15) is 20.8 Å². The molecule has 0 aromatic carbocycles. The second kappa shape index (κ2) is 2.16. The summed E-state index contributed by atoms with van der Waals surface area (Å²) in [5, 5.41) is 0. The normalized spacial score (nSPS) is 12.0. The van der Waals surface area contributed by atoms with E-state index in [4.69, 9.17) is 3.10 Å². The summed E-state index contributed by atoms with van der Waals surface area (Å²) in [4.78, 5) is 0. The van der Waals surface area contributed by atoms with E-state index in [0.29, 0.717) is 0 Å². The molecule has 0 N–H and O–H groups in total. The van der Waals surface area contributed by atoms with Crippen LogP contribution in [0.5, 0.6) is 0 Å². The zero-order valence-electron chi connectivity index (χ0n) is 4.36. The Balaban J connectivity index is 3.17. The molecule has 0 aliphatic carbocycles. The third kappa shape index (κ3) is 4.75. The van der Waals surface area contributed by atoms with Gasteiger partial charge in [-0.05, 0) is 0 Å². The van der Waals surface area contributed by atoms with Crippen molar-refractivity contribution < 1.29 is 3.10 Å². The summed E-state index contributed by atoms with van der Waals surface area (Å²) in [6.07, 6.45) is 0. The van der Waals surface area contributed by atoms with E-state index in [2.05, 4.69) is 0 Å². The number of hydrogen-bond donors (Lipinski definition) is 0. The van der Waals surface area contributed by atoms with Gasteiger partial charge in [0.15, 0.2) is 0 Å². The van der Waals surface area contributed by atoms with Gasteiger partial charge in [0, 0.05) is 0 Å². The summed E-state index contributed by atoms with van der Waals surface area (Å²) in [6, 6.07) is 0. The van der Waals surface area contributed by atoms with Crippen molar-refractivity contribution in [3.63, 3.8) is 0 Å². The van der Waals surface area contributed by atoms with Crippen molar-refractivity contribution in [2.45, 2.75) is 26.4 Å². The van der Waals surface area contributed by atoms with E-state index >= 15 is 0 Å². The van der Waals surface area contributed by atoms with Gasteiger partial charge in [0.25, 0.3) is 0 Å². The first-order chi connectivity index (χ1) is 2.56. The molecule has 0 unspecified atom stereocenters. The summed E-state index contributed by atoms with van der Waals surface area (Å²) in [5.74, 6) is 0. The quantitative estimate of drug-likeness (QED) is 0.523. The van der Waals surface area contributed by atoms with Crippen molar-refractivity contribution >= 4 is 22.7 Å². The van der Waals surface area contributed by atoms with Gasteiger partial charge in [-0.3, -0.25) is 0 Å². The van der Waals surface area contributed by atoms with Crippen LogP contribution in [-0.2, 0) is 3.10 Å². The summed E-state index contributed by atoms with van der Waals surface area (Å²) < 4.78 is 4.99. The molecule has 2 heteroatoms. The molecule has 0 aliphatic heterocycles. The first-order valence-electron chi connectivity index (χ1n) is 1.89. The van der Waals surface area contributed by atoms with Gasteiger partial charge < -0.3 is 0 Å². The minimum atomic E-state index is 0.0639. The van der Waals surface area contributed by atoms with E-state index in [1.165, 1.54) is 22.7 Å². The van der Waals surface area contributed by atoms with Crippen molar-refractivity contribution in [1.29, 1.82) is 0 Å². The fourth-order valence-corrected chi connectivity index (χ4v) is 0. The molecule has 0 saturated heterocycles. The molecule has 0 fully saturated rings. The molecular weight excluding hydrogens is 192 g/mol. The second-order valence-electron chi connectivity index (χ2n) is 2.20. The van der Waals surface area contributed by atoms with Crippen LogP contribution in [0.15, 0.2) is 0 Å². The molecule has 0 aliphatic rings. The molecule has 0 saturated carbocycles. The Morgan fingerprint density at radius 3 is 1.50 bits per heavy atom. The number of rotatable bonds is 0. The van der Waals surface area contributed by atoms with Crippen molar-refractivity contribution in [1.82, 2.24) is 0 Å². The maximum atomic E-state index is 4.99. The summed E-state index contributed by atoms with van der Waals surface area (Å²) in [6.45, 7) is 6.10. The Morgan fingerprint density at radius 2 is 1.50 bits per heavy atom. The van der Waals surface area contributed by atoms with Gasteiger partial charge >= 0.3 is 52.2 Å². The fourth-order valence-electron chi connectivity index (χ4n) is 0. The molecule has 1 nitrogen and oxygen atoms in total. The van der Waals surface area contributed by atoms with Crippen LogP contribution in [0.3, 0.4) is 0 Å². The Bertz CT molecular complexity index is 37.3. The Morgan fingerprint density at radius 1 is 1.33 bits per heavy atom. The zero-order valence-corrected chi connectivity index (χ0v) is 6.91. The monoisotopic (exact) mass is 204 g/mol. The second-order valence-corrected chi connectivity index (χ2v) is 2.72. The first kappa shape index (κ1) is 6.75. The molecule has 38 valence electrons. The summed E-state index contributed by atoms with van der Waals surface area (Å²) in [5.41, 5.74) is 0.0639. The van der Waals surface area contributed by atoms with Crippen LogP contribution in [0.25, 0.3) is 0 Å². The Hall–Kier alpha value is 0.750. The van der Waals surface area contributed by atoms with Crippen molar-refractivity contribution in [3.8, 4) is 0 Å². The van der Waals surface area contributed by atoms with E-state index in [1.54, 1.807) is 0 Å². The van der Waals surface area contributed by atoms with Gasteiger partial charge in [-0.15, -0.1) is 0 Å². The van der Waals surface area contributed by atoms with Crippen LogP contribution in [-0.4, -0.2) is 28.3 Å². The maximum absolute atomic E-state index is 4.99. The molecule has 6 heavy (non-hydrogen) atoms. The van der Waals surface area contributed by atoms with Gasteiger partial charge in [0.05, 0.1) is 0 Å². The zero-order chi connectivity index (χ0) is 5.21. The Kier molecular flexibility index (Phi) is 2.43. The summed E-state index contributed by atoms with van der Waals surface area (Å²) in [7, 11) is 0. The Labute approximate surface area is 52.5 Å². The van der Waals surface area contributed by atoms with Crippen LogP contribution in [0, 0.1) is 0 Å². The van der Waals surface area contributed by atoms with Gasteiger partial charge in [-0.1, -0.05) is 0 Å². The van der Waals surface area contributed by atoms with Gasteiger partial charge in [-0.25, -0.2) is 0 Å². The predicted octanol–water partition coefficient (Wildman–Crippen LogP) is 0.617. The minimum absolute atomic E-state index is 0.0639. The topological polar surface area (TPSA) is 9.23 Å². The van der Waals surface area contributed by atoms with Crippen LogP contribution < -0.4 is 0 Å². The van der Waals surface area contributed by atoms with Gasteiger partial charge in [0.2, 0.25) is 0 Å². The molecule has 0 rings (SSSR count). The SMILES string of the molecule is CC(C)(C)O[TeH]. The van der Waals surface area contributed by atoms with Gasteiger partial charge in [0.1, 0.15) is 0 Å². The molecule has 0 bridgehead atoms. The van der Waals surface area contributed by atoms with Crippen LogP contribution in [0.2, 0.25) is 0 Å². The van der Waals surface area contributed by atoms with Crippen molar-refractivity contribution in [2.75, 3.05) is 0 Å². The van der Waals surface area contributed by atoms with Crippen LogP contribution >= 0.6 is 0 Å². The molecule has 0 aromatic rings. The molecule has 0 spiro atoms. The van der Waals surface area contributed by atoms with E-state index < -0.39 is 0 Å². The number of hydrogen-bond acceptors (Lipinski definition) is 1. The molecule has 0 atom stereocenters. The fraction of sp³-hybridized carbons (Fsp3) is 1.00. The van der Waals surface area contributed by atoms with E-state index in [0.717, 1.165) is 0 Å². The van der Waals surface area contributed by atoms with E-state index in [-0.39, 0.29) is 5.60 Å². The van der Waals surface area contributed by atoms with E-state index in [9.17, 15) is 0 Å².